The van der Waals surface area contributed by atoms with Crippen LogP contribution in [0.25, 0.3) is 0 Å². The molecule has 0 aromatic heterocycles. The van der Waals surface area contributed by atoms with E-state index in [0.717, 1.165) is 44.0 Å². The van der Waals surface area contributed by atoms with Gasteiger partial charge in [0.2, 0.25) is 5.91 Å². The summed E-state index contributed by atoms with van der Waals surface area (Å²) in [4.78, 5) is 29.2. The number of rotatable bonds is 8. The third-order valence-corrected chi connectivity index (χ3v) is 4.67. The Morgan fingerprint density at radius 2 is 2.04 bits per heavy atom. The number of methoxy groups -OCH3 is 1. The average molecular weight is 363 g/mol. The van der Waals surface area contributed by atoms with Crippen molar-refractivity contribution in [2.75, 3.05) is 64.9 Å². The Labute approximate surface area is 155 Å². The van der Waals surface area contributed by atoms with Gasteiger partial charge in [-0.1, -0.05) is 13.0 Å². The Balaban J connectivity index is 1.77. The fraction of sp³-hybridized carbons (Fsp3) is 0.579. The number of benzene rings is 1. The highest BCUT2D eigenvalue weighted by Crippen LogP contribution is 2.20. The highest BCUT2D eigenvalue weighted by molar-refractivity contribution is 5.84. The minimum absolute atomic E-state index is 0.0153. The van der Waals surface area contributed by atoms with Crippen LogP contribution in [0.3, 0.4) is 0 Å². The lowest BCUT2D eigenvalue weighted by Crippen LogP contribution is -3.15. The second-order valence-corrected chi connectivity index (χ2v) is 6.72. The van der Waals surface area contributed by atoms with E-state index in [0.29, 0.717) is 13.1 Å². The predicted octanol–water partition coefficient (Wildman–Crippen LogP) is -0.615. The lowest BCUT2D eigenvalue weighted by molar-refractivity contribution is -0.892. The van der Waals surface area contributed by atoms with Crippen molar-refractivity contribution in [1.29, 1.82) is 0 Å². The van der Waals surface area contributed by atoms with Crippen molar-refractivity contribution in [1.82, 2.24) is 10.2 Å². The van der Waals surface area contributed by atoms with Gasteiger partial charge < -0.3 is 24.8 Å². The van der Waals surface area contributed by atoms with E-state index in [1.165, 1.54) is 9.80 Å². The number of nitrogens with one attached hydrogen (secondary N) is 2. The van der Waals surface area contributed by atoms with E-state index in [9.17, 15) is 9.59 Å². The maximum atomic E-state index is 12.4. The van der Waals surface area contributed by atoms with Gasteiger partial charge >= 0.3 is 0 Å². The van der Waals surface area contributed by atoms with E-state index < -0.39 is 0 Å². The molecule has 1 aliphatic rings. The summed E-state index contributed by atoms with van der Waals surface area (Å²) in [5.41, 5.74) is 1.15. The number of carbonyl (C=O) groups excluding carboxylic acids is 2. The van der Waals surface area contributed by atoms with Crippen molar-refractivity contribution < 1.29 is 19.2 Å². The second-order valence-electron chi connectivity index (χ2n) is 6.72. The number of ether oxygens (including phenoxy) is 1. The number of nitrogens with zero attached hydrogens (tertiary/aromatic N) is 2. The summed E-state index contributed by atoms with van der Waals surface area (Å²) in [5, 5.41) is 2.80. The van der Waals surface area contributed by atoms with E-state index in [-0.39, 0.29) is 18.4 Å². The van der Waals surface area contributed by atoms with Gasteiger partial charge in [0.15, 0.2) is 6.54 Å². The predicted molar refractivity (Wildman–Crippen MR) is 102 cm³/mol. The van der Waals surface area contributed by atoms with Crippen LogP contribution in [0.15, 0.2) is 24.3 Å². The SMILES string of the molecule is CCCNC(=O)CN(C)C(=O)C[NH+]1CCN(c2cccc(OC)c2)CC1. The number of hydrogen-bond donors (Lipinski definition) is 2. The summed E-state index contributed by atoms with van der Waals surface area (Å²) in [6.45, 7) is 6.82. The molecule has 26 heavy (non-hydrogen) atoms. The Kier molecular flexibility index (Phi) is 7.72. The number of anilines is 1. The first kappa shape index (κ1) is 20.0. The van der Waals surface area contributed by atoms with E-state index in [2.05, 4.69) is 16.3 Å². The van der Waals surface area contributed by atoms with Crippen LogP contribution >= 0.6 is 0 Å². The third kappa shape index (κ3) is 5.91. The molecular formula is C19H31N4O3+. The van der Waals surface area contributed by atoms with Crippen LogP contribution in [-0.4, -0.2) is 76.7 Å². The van der Waals surface area contributed by atoms with Crippen LogP contribution < -0.4 is 19.9 Å². The fourth-order valence-electron chi connectivity index (χ4n) is 3.04. The molecule has 0 atom stereocenters. The number of carbonyl (C=O) groups is 2. The Morgan fingerprint density at radius 3 is 2.69 bits per heavy atom. The normalized spacial score (nSPS) is 14.8. The largest absolute Gasteiger partial charge is 0.497 e. The van der Waals surface area contributed by atoms with Crippen molar-refractivity contribution in [2.24, 2.45) is 0 Å². The monoisotopic (exact) mass is 363 g/mol. The molecule has 0 aliphatic carbocycles. The van der Waals surface area contributed by atoms with Gasteiger partial charge in [0.25, 0.3) is 5.91 Å². The Morgan fingerprint density at radius 1 is 1.31 bits per heavy atom. The molecular weight excluding hydrogens is 332 g/mol. The first-order chi connectivity index (χ1) is 12.5. The van der Waals surface area contributed by atoms with E-state index in [4.69, 9.17) is 4.74 Å². The molecule has 0 saturated carbocycles. The van der Waals surface area contributed by atoms with Crippen LogP contribution in [0.1, 0.15) is 13.3 Å². The second kappa shape index (κ2) is 10.0. The van der Waals surface area contributed by atoms with Crippen molar-refractivity contribution >= 4 is 17.5 Å². The molecule has 144 valence electrons. The molecule has 0 radical (unpaired) electrons. The number of quaternary nitrogens is 1. The summed E-state index contributed by atoms with van der Waals surface area (Å²) < 4.78 is 5.29. The lowest BCUT2D eigenvalue weighted by atomic mass is 10.2. The van der Waals surface area contributed by atoms with Crippen LogP contribution in [0, 0.1) is 0 Å². The molecule has 1 aromatic rings. The van der Waals surface area contributed by atoms with Crippen LogP contribution in [0.4, 0.5) is 5.69 Å². The summed E-state index contributed by atoms with van der Waals surface area (Å²) >= 11 is 0. The summed E-state index contributed by atoms with van der Waals surface area (Å²) in [5.74, 6) is 0.775. The molecule has 0 bridgehead atoms. The van der Waals surface area contributed by atoms with Crippen LogP contribution in [0.2, 0.25) is 0 Å². The van der Waals surface area contributed by atoms with Crippen molar-refractivity contribution in [2.45, 2.75) is 13.3 Å². The highest BCUT2D eigenvalue weighted by atomic mass is 16.5. The van der Waals surface area contributed by atoms with Crippen molar-refractivity contribution in [3.8, 4) is 5.75 Å². The standard InChI is InChI=1S/C19H30N4O3/c1-4-8-20-18(24)14-21(2)19(25)15-22-9-11-23(12-10-22)16-6-5-7-17(13-16)26-3/h5-7,13H,4,8-12,14-15H2,1-3H3,(H,20,24)/p+1. The Hall–Kier alpha value is -2.28. The minimum atomic E-state index is -0.0967. The van der Waals surface area contributed by atoms with Gasteiger partial charge in [-0.05, 0) is 18.6 Å². The van der Waals surface area contributed by atoms with E-state index >= 15 is 0 Å². The topological polar surface area (TPSA) is 66.3 Å². The smallest absolute Gasteiger partial charge is 0.277 e. The number of hydrogen-bond acceptors (Lipinski definition) is 4. The average Bonchev–Trinajstić information content (AvgIpc) is 2.66. The van der Waals surface area contributed by atoms with Crippen molar-refractivity contribution in [3.05, 3.63) is 24.3 Å². The molecule has 2 rings (SSSR count). The van der Waals surface area contributed by atoms with Gasteiger partial charge in [-0.2, -0.15) is 0 Å². The molecule has 1 aliphatic heterocycles. The zero-order chi connectivity index (χ0) is 18.9. The van der Waals surface area contributed by atoms with Gasteiger partial charge in [0.1, 0.15) is 5.75 Å². The number of piperazine rings is 1. The van der Waals surface area contributed by atoms with E-state index in [1.54, 1.807) is 14.2 Å². The molecule has 2 amide bonds. The van der Waals surface area contributed by atoms with Crippen LogP contribution in [0.5, 0.6) is 5.75 Å². The fourth-order valence-corrected chi connectivity index (χ4v) is 3.04. The summed E-state index contributed by atoms with van der Waals surface area (Å²) in [6.07, 6.45) is 0.894. The summed E-state index contributed by atoms with van der Waals surface area (Å²) in [6, 6.07) is 8.06. The van der Waals surface area contributed by atoms with Gasteiger partial charge in [0, 0.05) is 25.3 Å². The molecule has 7 nitrogen and oxygen atoms in total. The first-order valence-electron chi connectivity index (χ1n) is 9.26. The molecule has 1 aromatic carbocycles. The first-order valence-corrected chi connectivity index (χ1v) is 9.26. The van der Waals surface area contributed by atoms with Crippen molar-refractivity contribution in [3.63, 3.8) is 0 Å². The molecule has 1 saturated heterocycles. The summed E-state index contributed by atoms with van der Waals surface area (Å²) in [7, 11) is 3.37. The minimum Gasteiger partial charge on any atom is -0.497 e. The molecule has 7 heteroatoms. The third-order valence-electron chi connectivity index (χ3n) is 4.67. The van der Waals surface area contributed by atoms with Gasteiger partial charge in [0.05, 0.1) is 39.8 Å². The number of likely N-dealkylation sites (N-methyl/N-ethyl adjacent to an activating group) is 1. The van der Waals surface area contributed by atoms with Gasteiger partial charge in [-0.25, -0.2) is 0 Å². The molecule has 2 N–H and O–H groups in total. The lowest BCUT2D eigenvalue weighted by Gasteiger charge is -2.34. The zero-order valence-electron chi connectivity index (χ0n) is 16.1. The van der Waals surface area contributed by atoms with Crippen LogP contribution in [-0.2, 0) is 9.59 Å². The van der Waals surface area contributed by atoms with Gasteiger partial charge in [-0.15, -0.1) is 0 Å². The Bertz CT molecular complexity index is 600. The van der Waals surface area contributed by atoms with Gasteiger partial charge in [-0.3, -0.25) is 9.59 Å². The molecule has 0 unspecified atom stereocenters. The van der Waals surface area contributed by atoms with E-state index in [1.807, 2.05) is 25.1 Å². The maximum Gasteiger partial charge on any atom is 0.277 e. The maximum absolute atomic E-state index is 12.4. The molecule has 0 spiro atoms. The quantitative estimate of drug-likeness (QED) is 0.646. The molecule has 1 fully saturated rings. The highest BCUT2D eigenvalue weighted by Gasteiger charge is 2.24. The number of amides is 2. The molecule has 1 heterocycles. The zero-order valence-corrected chi connectivity index (χ0v) is 16.1.